The van der Waals surface area contributed by atoms with Crippen molar-refractivity contribution in [1.82, 2.24) is 0 Å². The molecule has 2 aromatic carbocycles. The van der Waals surface area contributed by atoms with E-state index in [0.29, 0.717) is 23.4 Å². The number of hydrogen-bond donors (Lipinski definition) is 0. The summed E-state index contributed by atoms with van der Waals surface area (Å²) in [6.07, 6.45) is 4.01. The van der Waals surface area contributed by atoms with Crippen LogP contribution in [0.15, 0.2) is 54.6 Å². The molecule has 0 aromatic heterocycles. The van der Waals surface area contributed by atoms with Crippen LogP contribution in [0.2, 0.25) is 0 Å². The zero-order chi connectivity index (χ0) is 24.1. The quantitative estimate of drug-likeness (QED) is 0.236. The predicted molar refractivity (Wildman–Crippen MR) is 143 cm³/mol. The highest BCUT2D eigenvalue weighted by Gasteiger charge is 2.52. The van der Waals surface area contributed by atoms with Gasteiger partial charge in [-0.2, -0.15) is 0 Å². The SMILES string of the molecule is Br.Br.C[N+]1(Cc2ccc(OC(=O)c3ccccc3)cc2)[C@@H]2CC[C@H]1CC(OC(=O)CCCC(=O)[O-])C2. The molecule has 2 heterocycles. The fourth-order valence-electron chi connectivity index (χ4n) is 5.47. The minimum Gasteiger partial charge on any atom is -0.550 e. The van der Waals surface area contributed by atoms with E-state index in [9.17, 15) is 19.5 Å². The van der Waals surface area contributed by atoms with Crippen molar-refractivity contribution in [2.75, 3.05) is 7.05 Å². The van der Waals surface area contributed by atoms with Crippen molar-refractivity contribution >= 4 is 51.9 Å². The lowest BCUT2D eigenvalue weighted by Crippen LogP contribution is -2.58. The van der Waals surface area contributed by atoms with Crippen LogP contribution in [0.25, 0.3) is 0 Å². The fourth-order valence-corrected chi connectivity index (χ4v) is 5.47. The van der Waals surface area contributed by atoms with Gasteiger partial charge in [0.1, 0.15) is 18.4 Å². The van der Waals surface area contributed by atoms with Gasteiger partial charge in [-0.05, 0) is 49.2 Å². The van der Waals surface area contributed by atoms with Gasteiger partial charge in [0.05, 0.1) is 24.7 Å². The van der Waals surface area contributed by atoms with Gasteiger partial charge in [0.25, 0.3) is 0 Å². The van der Waals surface area contributed by atoms with Crippen molar-refractivity contribution in [2.45, 2.75) is 69.7 Å². The number of carboxylic acids is 1. The Morgan fingerprint density at radius 3 is 2.11 bits per heavy atom. The molecule has 2 bridgehead atoms. The number of rotatable bonds is 9. The molecule has 4 rings (SSSR count). The first-order chi connectivity index (χ1) is 16.3. The Kier molecular flexibility index (Phi) is 11.1. The normalized spacial score (nSPS) is 24.1. The molecule has 2 aliphatic rings. The van der Waals surface area contributed by atoms with Gasteiger partial charge >= 0.3 is 11.9 Å². The smallest absolute Gasteiger partial charge is 0.343 e. The third-order valence-corrected chi connectivity index (χ3v) is 7.30. The van der Waals surface area contributed by atoms with Crippen LogP contribution in [0.5, 0.6) is 5.75 Å². The summed E-state index contributed by atoms with van der Waals surface area (Å²) in [6.45, 7) is 0.870. The van der Waals surface area contributed by atoms with E-state index in [4.69, 9.17) is 9.47 Å². The van der Waals surface area contributed by atoms with Crippen LogP contribution >= 0.6 is 34.0 Å². The van der Waals surface area contributed by atoms with E-state index in [1.165, 1.54) is 5.56 Å². The first-order valence-electron chi connectivity index (χ1n) is 11.9. The fraction of sp³-hybridized carbons (Fsp3) is 0.444. The number of ether oxygens (including phenoxy) is 2. The maximum Gasteiger partial charge on any atom is 0.343 e. The van der Waals surface area contributed by atoms with E-state index in [1.54, 1.807) is 24.3 Å². The number of nitrogens with zero attached hydrogens (tertiary/aromatic N) is 1. The van der Waals surface area contributed by atoms with Crippen LogP contribution in [0.4, 0.5) is 0 Å². The van der Waals surface area contributed by atoms with E-state index in [0.717, 1.165) is 36.7 Å². The van der Waals surface area contributed by atoms with E-state index in [-0.39, 0.29) is 71.3 Å². The van der Waals surface area contributed by atoms with Crippen molar-refractivity contribution in [2.24, 2.45) is 0 Å². The number of halogens is 2. The van der Waals surface area contributed by atoms with Crippen LogP contribution < -0.4 is 9.84 Å². The Morgan fingerprint density at radius 1 is 0.917 bits per heavy atom. The van der Waals surface area contributed by atoms with Crippen molar-refractivity contribution in [1.29, 1.82) is 0 Å². The molecule has 7 nitrogen and oxygen atoms in total. The topological polar surface area (TPSA) is 92.7 Å². The molecular weight excluding hydrogens is 594 g/mol. The molecule has 0 saturated carbocycles. The Hall–Kier alpha value is -2.23. The minimum atomic E-state index is -1.14. The van der Waals surface area contributed by atoms with Gasteiger partial charge in [-0.25, -0.2) is 4.79 Å². The second-order valence-corrected chi connectivity index (χ2v) is 9.60. The van der Waals surface area contributed by atoms with E-state index in [2.05, 4.69) is 7.05 Å². The molecule has 2 unspecified atom stereocenters. The number of carbonyl (C=O) groups is 3. The largest absolute Gasteiger partial charge is 0.550 e. The van der Waals surface area contributed by atoms with Gasteiger partial charge in [-0.1, -0.05) is 18.2 Å². The predicted octanol–water partition coefficient (Wildman–Crippen LogP) is 4.17. The summed E-state index contributed by atoms with van der Waals surface area (Å²) in [5, 5.41) is 10.5. The lowest BCUT2D eigenvalue weighted by Gasteiger charge is -2.47. The summed E-state index contributed by atoms with van der Waals surface area (Å²) in [7, 11) is 2.28. The molecule has 196 valence electrons. The number of carboxylic acid groups (broad SMARTS) is 1. The molecule has 0 spiro atoms. The van der Waals surface area contributed by atoms with Gasteiger partial charge in [0.15, 0.2) is 0 Å². The highest BCUT2D eigenvalue weighted by molar-refractivity contribution is 8.93. The first-order valence-corrected chi connectivity index (χ1v) is 11.9. The standard InChI is InChI=1S/C27H31NO6.2BrH/c1-28(18-19-10-14-23(15-11-19)34-27(32)20-6-3-2-4-7-20)21-12-13-22(28)17-24(16-21)33-26(31)9-5-8-25(29)30;;/h2-4,6-7,10-11,14-15,21-22,24H,5,8-9,12-13,16-18H2,1H3;2*1H/t21-,22+,24?,28?;;. The molecule has 2 aromatic rings. The number of aliphatic carboxylic acids is 1. The van der Waals surface area contributed by atoms with Crippen molar-refractivity contribution in [3.8, 4) is 5.75 Å². The third-order valence-electron chi connectivity index (χ3n) is 7.30. The van der Waals surface area contributed by atoms with Crippen LogP contribution in [0.3, 0.4) is 0 Å². The summed E-state index contributed by atoms with van der Waals surface area (Å²) < 4.78 is 12.1. The van der Waals surface area contributed by atoms with Gasteiger partial charge in [0, 0.05) is 43.6 Å². The molecule has 2 aliphatic heterocycles. The average molecular weight is 627 g/mol. The number of benzene rings is 2. The molecule has 2 fully saturated rings. The second kappa shape index (κ2) is 13.4. The summed E-state index contributed by atoms with van der Waals surface area (Å²) in [6, 6.07) is 17.5. The Balaban J connectivity index is 0.00000228. The van der Waals surface area contributed by atoms with E-state index < -0.39 is 5.97 Å². The Morgan fingerprint density at radius 2 is 1.53 bits per heavy atom. The zero-order valence-corrected chi connectivity index (χ0v) is 23.7. The molecule has 0 radical (unpaired) electrons. The van der Waals surface area contributed by atoms with Crippen LogP contribution in [0.1, 0.15) is 60.9 Å². The number of hydrogen-bond acceptors (Lipinski definition) is 6. The average Bonchev–Trinajstić information content (AvgIpc) is 2.97. The number of piperidine rings is 1. The van der Waals surface area contributed by atoms with Crippen molar-refractivity contribution in [3.63, 3.8) is 0 Å². The maximum atomic E-state index is 12.3. The molecule has 0 amide bonds. The number of fused-ring (bicyclic) bond motifs is 2. The lowest BCUT2D eigenvalue weighted by atomic mass is 9.95. The molecule has 9 heteroatoms. The number of carbonyl (C=O) groups excluding carboxylic acids is 3. The molecule has 0 N–H and O–H groups in total. The van der Waals surface area contributed by atoms with Gasteiger partial charge < -0.3 is 23.9 Å². The lowest BCUT2D eigenvalue weighted by molar-refractivity contribution is -0.961. The molecule has 2 saturated heterocycles. The highest BCUT2D eigenvalue weighted by Crippen LogP contribution is 2.43. The molecular formula is C27H33Br2NO6. The summed E-state index contributed by atoms with van der Waals surface area (Å²) in [5.41, 5.74) is 1.69. The zero-order valence-electron chi connectivity index (χ0n) is 20.3. The summed E-state index contributed by atoms with van der Waals surface area (Å²) in [4.78, 5) is 34.9. The second-order valence-electron chi connectivity index (χ2n) is 9.60. The van der Waals surface area contributed by atoms with E-state index in [1.807, 2.05) is 30.3 Å². The first kappa shape index (κ1) is 30.0. The summed E-state index contributed by atoms with van der Waals surface area (Å²) >= 11 is 0. The van der Waals surface area contributed by atoms with Gasteiger partial charge in [-0.15, -0.1) is 34.0 Å². The van der Waals surface area contributed by atoms with Gasteiger partial charge in [-0.3, -0.25) is 4.79 Å². The summed E-state index contributed by atoms with van der Waals surface area (Å²) in [5.74, 6) is -1.31. The Bertz CT molecular complexity index is 1020. The highest BCUT2D eigenvalue weighted by atomic mass is 79.9. The molecule has 36 heavy (non-hydrogen) atoms. The van der Waals surface area contributed by atoms with Crippen LogP contribution in [0, 0.1) is 0 Å². The van der Waals surface area contributed by atoms with E-state index >= 15 is 0 Å². The Labute approximate surface area is 232 Å². The van der Waals surface area contributed by atoms with Crippen molar-refractivity contribution in [3.05, 3.63) is 65.7 Å². The van der Waals surface area contributed by atoms with Gasteiger partial charge in [0.2, 0.25) is 0 Å². The number of quaternary nitrogens is 1. The van der Waals surface area contributed by atoms with Crippen LogP contribution in [-0.4, -0.2) is 47.6 Å². The maximum absolute atomic E-state index is 12.3. The minimum absolute atomic E-state index is 0. The monoisotopic (exact) mass is 625 g/mol. The third kappa shape index (κ3) is 7.40. The molecule has 4 atom stereocenters. The number of esters is 2. The molecule has 0 aliphatic carbocycles. The van der Waals surface area contributed by atoms with Crippen LogP contribution in [-0.2, 0) is 20.9 Å². The van der Waals surface area contributed by atoms with Crippen molar-refractivity contribution < 1.29 is 33.4 Å².